The van der Waals surface area contributed by atoms with Crippen molar-refractivity contribution in [3.05, 3.63) is 46.6 Å². The number of aliphatic imine (C=N–C) groups is 1. The average Bonchev–Trinajstić information content (AvgIpc) is 3.34. The molecule has 0 bridgehead atoms. The highest BCUT2D eigenvalue weighted by molar-refractivity contribution is 7.88. The molecule has 0 saturated heterocycles. The maximum atomic E-state index is 13.4. The van der Waals surface area contributed by atoms with Crippen LogP contribution in [0.2, 0.25) is 0 Å². The van der Waals surface area contributed by atoms with Gasteiger partial charge in [0, 0.05) is 29.3 Å². The van der Waals surface area contributed by atoms with Gasteiger partial charge in [-0.2, -0.15) is 0 Å². The Bertz CT molecular complexity index is 1560. The normalized spacial score (nSPS) is 23.6. The Hall–Kier alpha value is -3.77. The van der Waals surface area contributed by atoms with E-state index in [9.17, 15) is 22.8 Å². The Morgan fingerprint density at radius 2 is 1.69 bits per heavy atom. The molecule has 1 aromatic heterocycles. The largest absolute Gasteiger partial charge is 0.422 e. The van der Waals surface area contributed by atoms with Crippen molar-refractivity contribution in [2.75, 3.05) is 11.6 Å². The van der Waals surface area contributed by atoms with E-state index in [2.05, 4.69) is 46.1 Å². The van der Waals surface area contributed by atoms with Crippen molar-refractivity contribution in [2.24, 2.45) is 28.7 Å². The van der Waals surface area contributed by atoms with E-state index in [1.54, 1.807) is 19.1 Å². The summed E-state index contributed by atoms with van der Waals surface area (Å²) in [6.07, 6.45) is 4.63. The maximum Gasteiger partial charge on any atom is 0.315 e. The summed E-state index contributed by atoms with van der Waals surface area (Å²) in [4.78, 5) is 45.9. The molecule has 4 N–H and O–H groups in total. The first kappa shape index (κ1) is 31.2. The summed E-state index contributed by atoms with van der Waals surface area (Å²) in [7, 11) is -3.59. The molecule has 1 aromatic carbocycles. The number of amides is 2. The van der Waals surface area contributed by atoms with E-state index in [0.29, 0.717) is 28.4 Å². The van der Waals surface area contributed by atoms with Gasteiger partial charge in [-0.15, -0.1) is 0 Å². The first-order valence-corrected chi connectivity index (χ1v) is 15.9. The standard InChI is InChI=1S/C30H39N5O6S/c1-15-12-16(2)25(17(3)13-15)30(38)41-26-18(4)23(32-28(26)31-20(6)36)14-24-21-10-8-9-11-22(21)27(33-24)34-29(37)19(5)35-42(7,39)40/h8-11,14-17,19,25,32,35H,12-13H2,1-7H3,(H,31,36)(H,33,34,37)/b24-14-. The van der Waals surface area contributed by atoms with Crippen LogP contribution in [0.1, 0.15) is 69.8 Å². The van der Waals surface area contributed by atoms with Gasteiger partial charge < -0.3 is 20.4 Å². The zero-order chi connectivity index (χ0) is 30.9. The van der Waals surface area contributed by atoms with Gasteiger partial charge in [0.1, 0.15) is 5.84 Å². The molecule has 3 unspecified atom stereocenters. The van der Waals surface area contributed by atoms with Gasteiger partial charge >= 0.3 is 5.97 Å². The van der Waals surface area contributed by atoms with Crippen molar-refractivity contribution in [1.82, 2.24) is 15.0 Å². The molecule has 2 aromatic rings. The molecule has 2 heterocycles. The SMILES string of the molecule is CC(=O)Nc1[nH]c(/C=C2\N=C(NC(=O)C(C)NS(C)(=O)=O)c3ccccc32)c(C)c1OC(=O)C1C(C)CC(C)CC1C. The Balaban J connectivity index is 1.67. The van der Waals surface area contributed by atoms with Crippen LogP contribution in [-0.2, 0) is 24.4 Å². The number of hydrogen-bond acceptors (Lipinski definition) is 7. The second-order valence-corrected chi connectivity index (χ2v) is 13.4. The van der Waals surface area contributed by atoms with E-state index in [1.165, 1.54) is 13.8 Å². The first-order valence-electron chi connectivity index (χ1n) is 14.0. The van der Waals surface area contributed by atoms with Crippen molar-refractivity contribution < 1.29 is 27.5 Å². The second kappa shape index (κ2) is 12.2. The number of ether oxygens (including phenoxy) is 1. The lowest BCUT2D eigenvalue weighted by atomic mass is 9.69. The lowest BCUT2D eigenvalue weighted by Gasteiger charge is -2.36. The van der Waals surface area contributed by atoms with Crippen molar-refractivity contribution in [2.45, 2.75) is 60.4 Å². The van der Waals surface area contributed by atoms with Crippen LogP contribution in [0.4, 0.5) is 5.82 Å². The van der Waals surface area contributed by atoms with Gasteiger partial charge in [0.15, 0.2) is 11.6 Å². The van der Waals surface area contributed by atoms with Crippen molar-refractivity contribution in [3.63, 3.8) is 0 Å². The summed E-state index contributed by atoms with van der Waals surface area (Å²) in [5, 5.41) is 5.44. The molecular formula is C30H39N5O6S. The molecule has 42 heavy (non-hydrogen) atoms. The van der Waals surface area contributed by atoms with E-state index in [4.69, 9.17) is 4.74 Å². The molecule has 1 aliphatic heterocycles. The fraction of sp³-hybridized carbons (Fsp3) is 0.467. The van der Waals surface area contributed by atoms with Crippen molar-refractivity contribution in [1.29, 1.82) is 0 Å². The number of fused-ring (bicyclic) bond motifs is 1. The Morgan fingerprint density at radius 1 is 1.07 bits per heavy atom. The van der Waals surface area contributed by atoms with Gasteiger partial charge in [0.05, 0.1) is 23.9 Å². The number of carbonyl (C=O) groups is 3. The number of rotatable bonds is 7. The third-order valence-electron chi connectivity index (χ3n) is 7.78. The molecule has 1 saturated carbocycles. The van der Waals surface area contributed by atoms with Gasteiger partial charge in [-0.1, -0.05) is 45.0 Å². The van der Waals surface area contributed by atoms with Crippen molar-refractivity contribution in [3.8, 4) is 5.75 Å². The van der Waals surface area contributed by atoms with Crippen LogP contribution >= 0.6 is 0 Å². The van der Waals surface area contributed by atoms with Gasteiger partial charge in [0.25, 0.3) is 0 Å². The van der Waals surface area contributed by atoms with E-state index < -0.39 is 22.0 Å². The molecule has 4 rings (SSSR count). The molecule has 1 fully saturated rings. The Labute approximate surface area is 246 Å². The second-order valence-electron chi connectivity index (χ2n) is 11.7. The third kappa shape index (κ3) is 6.99. The Morgan fingerprint density at radius 3 is 2.29 bits per heavy atom. The van der Waals surface area contributed by atoms with Gasteiger partial charge in [-0.25, -0.2) is 18.1 Å². The van der Waals surface area contributed by atoms with Crippen LogP contribution in [0, 0.1) is 30.6 Å². The lowest BCUT2D eigenvalue weighted by Crippen LogP contribution is -2.46. The molecule has 226 valence electrons. The topological polar surface area (TPSA) is 159 Å². The molecule has 2 aliphatic rings. The predicted octanol–water partition coefficient (Wildman–Crippen LogP) is 3.82. The lowest BCUT2D eigenvalue weighted by molar-refractivity contribution is -0.144. The number of aromatic amines is 1. The minimum atomic E-state index is -3.59. The number of esters is 1. The fourth-order valence-electron chi connectivity index (χ4n) is 6.08. The third-order valence-corrected chi connectivity index (χ3v) is 8.56. The van der Waals surface area contributed by atoms with Crippen LogP contribution in [-0.4, -0.2) is 49.3 Å². The van der Waals surface area contributed by atoms with E-state index in [-0.39, 0.29) is 47.0 Å². The molecule has 0 radical (unpaired) electrons. The first-order chi connectivity index (χ1) is 19.6. The molecule has 3 atom stereocenters. The van der Waals surface area contributed by atoms with Crippen molar-refractivity contribution >= 4 is 51.2 Å². The van der Waals surface area contributed by atoms with Crippen LogP contribution < -0.4 is 20.1 Å². The molecule has 0 spiro atoms. The average molecular weight is 598 g/mol. The Kier molecular flexibility index (Phi) is 9.07. The van der Waals surface area contributed by atoms with E-state index >= 15 is 0 Å². The van der Waals surface area contributed by atoms with Crippen LogP contribution in [0.3, 0.4) is 0 Å². The number of aromatic nitrogens is 1. The summed E-state index contributed by atoms with van der Waals surface area (Å²) >= 11 is 0. The monoisotopic (exact) mass is 597 g/mol. The molecular weight excluding hydrogens is 558 g/mol. The highest BCUT2D eigenvalue weighted by Gasteiger charge is 2.38. The summed E-state index contributed by atoms with van der Waals surface area (Å²) in [6.45, 7) is 11.0. The quantitative estimate of drug-likeness (QED) is 0.355. The maximum absolute atomic E-state index is 13.4. The summed E-state index contributed by atoms with van der Waals surface area (Å²) in [5.74, 6) is 0.241. The van der Waals surface area contributed by atoms with Gasteiger partial charge in [-0.05, 0) is 50.5 Å². The summed E-state index contributed by atoms with van der Waals surface area (Å²) in [6, 6.07) is 6.29. The number of hydrogen-bond donors (Lipinski definition) is 4. The van der Waals surface area contributed by atoms with E-state index in [0.717, 1.165) is 24.7 Å². The number of anilines is 1. The number of amidine groups is 1. The number of carbonyl (C=O) groups excluding carboxylic acids is 3. The molecule has 1 aliphatic carbocycles. The number of nitrogens with zero attached hydrogens (tertiary/aromatic N) is 1. The molecule has 2 amide bonds. The minimum absolute atomic E-state index is 0.176. The number of H-pyrrole nitrogens is 1. The number of nitrogens with one attached hydrogen (secondary N) is 4. The summed E-state index contributed by atoms with van der Waals surface area (Å²) < 4.78 is 31.4. The summed E-state index contributed by atoms with van der Waals surface area (Å²) in [5.41, 5.74) is 3.10. The number of sulfonamides is 1. The minimum Gasteiger partial charge on any atom is -0.422 e. The molecule has 12 heteroatoms. The van der Waals surface area contributed by atoms with Gasteiger partial charge in [-0.3, -0.25) is 14.4 Å². The zero-order valence-corrected chi connectivity index (χ0v) is 25.8. The predicted molar refractivity (Wildman–Crippen MR) is 162 cm³/mol. The van der Waals surface area contributed by atoms with Crippen LogP contribution in [0.25, 0.3) is 11.8 Å². The van der Waals surface area contributed by atoms with Crippen LogP contribution in [0.5, 0.6) is 5.75 Å². The number of benzene rings is 1. The van der Waals surface area contributed by atoms with E-state index in [1.807, 2.05) is 18.2 Å². The smallest absolute Gasteiger partial charge is 0.315 e. The highest BCUT2D eigenvalue weighted by Crippen LogP contribution is 2.41. The fourth-order valence-corrected chi connectivity index (χ4v) is 6.83. The molecule has 11 nitrogen and oxygen atoms in total. The highest BCUT2D eigenvalue weighted by atomic mass is 32.2. The zero-order valence-electron chi connectivity index (χ0n) is 25.0. The van der Waals surface area contributed by atoms with Crippen LogP contribution in [0.15, 0.2) is 29.3 Å². The van der Waals surface area contributed by atoms with Gasteiger partial charge in [0.2, 0.25) is 21.8 Å².